The molecule has 0 aliphatic carbocycles. The van der Waals surface area contributed by atoms with E-state index < -0.39 is 0 Å². The third-order valence-electron chi connectivity index (χ3n) is 2.53. The van der Waals surface area contributed by atoms with Crippen molar-refractivity contribution in [2.24, 2.45) is 0 Å². The molecule has 1 rings (SSSR count). The fraction of sp³-hybridized carbons (Fsp3) is 0.467. The van der Waals surface area contributed by atoms with Crippen LogP contribution in [0.4, 0.5) is 0 Å². The Balaban J connectivity index is 2.61. The maximum atomic E-state index is 12.1. The van der Waals surface area contributed by atoms with Crippen molar-refractivity contribution in [3.8, 4) is 0 Å². The molecule has 0 radical (unpaired) electrons. The van der Waals surface area contributed by atoms with Crippen LogP contribution in [0, 0.1) is 3.77 Å². The number of halogens is 1. The van der Waals surface area contributed by atoms with Crippen molar-refractivity contribution < 1.29 is 14.0 Å². The zero-order valence-corrected chi connectivity index (χ0v) is 14.9. The maximum Gasteiger partial charge on any atom is 0.247 e. The SMILES string of the molecule is CCN(CC(=O)NC(C)(C)C)C(=O)/C=C/c1ccc(I)o1. The number of rotatable bonds is 5. The largest absolute Gasteiger partial charge is 0.451 e. The number of furan rings is 1. The lowest BCUT2D eigenvalue weighted by Gasteiger charge is -2.24. The smallest absolute Gasteiger partial charge is 0.247 e. The number of hydrogen-bond donors (Lipinski definition) is 1. The van der Waals surface area contributed by atoms with E-state index in [0.29, 0.717) is 12.3 Å². The van der Waals surface area contributed by atoms with E-state index in [1.807, 2.05) is 33.8 Å². The van der Waals surface area contributed by atoms with Gasteiger partial charge < -0.3 is 14.6 Å². The minimum absolute atomic E-state index is 0.0482. The molecule has 0 spiro atoms. The summed E-state index contributed by atoms with van der Waals surface area (Å²) in [5.41, 5.74) is -0.305. The molecule has 0 saturated carbocycles. The molecule has 21 heavy (non-hydrogen) atoms. The summed E-state index contributed by atoms with van der Waals surface area (Å²) in [5, 5.41) is 2.84. The predicted molar refractivity (Wildman–Crippen MR) is 90.6 cm³/mol. The van der Waals surface area contributed by atoms with E-state index in [9.17, 15) is 9.59 Å². The normalized spacial score (nSPS) is 11.7. The molecular formula is C15H21IN2O3. The van der Waals surface area contributed by atoms with Crippen LogP contribution in [0.15, 0.2) is 22.6 Å². The summed E-state index contributed by atoms with van der Waals surface area (Å²) in [6, 6.07) is 3.60. The van der Waals surface area contributed by atoms with Gasteiger partial charge in [-0.2, -0.15) is 0 Å². The van der Waals surface area contributed by atoms with E-state index in [1.165, 1.54) is 11.0 Å². The van der Waals surface area contributed by atoms with Gasteiger partial charge in [-0.1, -0.05) is 0 Å². The van der Waals surface area contributed by atoms with E-state index in [1.54, 1.807) is 12.1 Å². The molecule has 5 nitrogen and oxygen atoms in total. The van der Waals surface area contributed by atoms with Crippen molar-refractivity contribution in [1.82, 2.24) is 10.2 Å². The highest BCUT2D eigenvalue weighted by atomic mass is 127. The molecule has 1 aromatic heterocycles. The van der Waals surface area contributed by atoms with Gasteiger partial charge in [0.1, 0.15) is 5.76 Å². The highest BCUT2D eigenvalue weighted by Crippen LogP contribution is 2.11. The summed E-state index contributed by atoms with van der Waals surface area (Å²) in [6.07, 6.45) is 3.03. The van der Waals surface area contributed by atoms with Crippen molar-refractivity contribution in [1.29, 1.82) is 0 Å². The highest BCUT2D eigenvalue weighted by molar-refractivity contribution is 14.1. The molecule has 116 valence electrons. The molecule has 1 aromatic rings. The van der Waals surface area contributed by atoms with Crippen LogP contribution in [0.3, 0.4) is 0 Å². The molecule has 1 N–H and O–H groups in total. The second kappa shape index (κ2) is 7.63. The van der Waals surface area contributed by atoms with Crippen LogP contribution in [0.2, 0.25) is 0 Å². The minimum atomic E-state index is -0.305. The summed E-state index contributed by atoms with van der Waals surface area (Å²) < 4.78 is 6.10. The van der Waals surface area contributed by atoms with Crippen molar-refractivity contribution in [3.63, 3.8) is 0 Å². The number of carbonyl (C=O) groups is 2. The van der Waals surface area contributed by atoms with E-state index in [-0.39, 0.29) is 23.9 Å². The van der Waals surface area contributed by atoms with Crippen LogP contribution in [0.1, 0.15) is 33.5 Å². The summed E-state index contributed by atoms with van der Waals surface area (Å²) >= 11 is 2.06. The van der Waals surface area contributed by atoms with Gasteiger partial charge >= 0.3 is 0 Å². The third-order valence-corrected chi connectivity index (χ3v) is 3.11. The van der Waals surface area contributed by atoms with E-state index >= 15 is 0 Å². The first-order chi connectivity index (χ1) is 9.71. The second-order valence-electron chi connectivity index (χ2n) is 5.63. The van der Waals surface area contributed by atoms with Crippen LogP contribution in [0.25, 0.3) is 6.08 Å². The standard InChI is InChI=1S/C15H21IN2O3/c1-5-18(10-13(19)17-15(2,3)4)14(20)9-7-11-6-8-12(16)21-11/h6-9H,5,10H2,1-4H3,(H,17,19)/b9-7+. The molecule has 0 aromatic carbocycles. The molecule has 6 heteroatoms. The molecule has 1 heterocycles. The Kier molecular flexibility index (Phi) is 6.44. The number of nitrogens with one attached hydrogen (secondary N) is 1. The first-order valence-electron chi connectivity index (χ1n) is 6.74. The van der Waals surface area contributed by atoms with E-state index in [0.717, 1.165) is 3.77 Å². The lowest BCUT2D eigenvalue weighted by Crippen LogP contribution is -2.47. The molecule has 0 atom stereocenters. The molecule has 0 unspecified atom stereocenters. The number of likely N-dealkylation sites (N-methyl/N-ethyl adjacent to an activating group) is 1. The Morgan fingerprint density at radius 3 is 2.52 bits per heavy atom. The molecule has 0 aliphatic rings. The van der Waals surface area contributed by atoms with Crippen LogP contribution < -0.4 is 5.32 Å². The predicted octanol–water partition coefficient (Wildman–Crippen LogP) is 2.66. The van der Waals surface area contributed by atoms with Crippen molar-refractivity contribution in [3.05, 3.63) is 27.7 Å². The van der Waals surface area contributed by atoms with E-state index in [2.05, 4.69) is 27.9 Å². The maximum absolute atomic E-state index is 12.1. The van der Waals surface area contributed by atoms with Gasteiger partial charge in [-0.05, 0) is 68.5 Å². The van der Waals surface area contributed by atoms with Gasteiger partial charge in [0, 0.05) is 18.2 Å². The fourth-order valence-electron chi connectivity index (χ4n) is 1.65. The van der Waals surface area contributed by atoms with Crippen LogP contribution >= 0.6 is 22.6 Å². The zero-order valence-electron chi connectivity index (χ0n) is 12.8. The molecule has 0 bridgehead atoms. The van der Waals surface area contributed by atoms with E-state index in [4.69, 9.17) is 4.42 Å². The van der Waals surface area contributed by atoms with Crippen molar-refractivity contribution >= 4 is 40.5 Å². The number of hydrogen-bond acceptors (Lipinski definition) is 3. The van der Waals surface area contributed by atoms with Gasteiger partial charge in [0.15, 0.2) is 3.77 Å². The van der Waals surface area contributed by atoms with Crippen LogP contribution in [-0.2, 0) is 9.59 Å². The summed E-state index contributed by atoms with van der Waals surface area (Å²) in [7, 11) is 0. The van der Waals surface area contributed by atoms with Gasteiger partial charge in [0.25, 0.3) is 0 Å². The Morgan fingerprint density at radius 1 is 1.38 bits per heavy atom. The monoisotopic (exact) mass is 404 g/mol. The summed E-state index contributed by atoms with van der Waals surface area (Å²) in [6.45, 7) is 8.07. The molecule has 0 fully saturated rings. The van der Waals surface area contributed by atoms with Gasteiger partial charge in [-0.15, -0.1) is 0 Å². The average molecular weight is 404 g/mol. The lowest BCUT2D eigenvalue weighted by molar-refractivity contribution is -0.132. The Morgan fingerprint density at radius 2 is 2.05 bits per heavy atom. The molecule has 0 saturated heterocycles. The van der Waals surface area contributed by atoms with Crippen molar-refractivity contribution in [2.45, 2.75) is 33.2 Å². The molecule has 2 amide bonds. The Bertz CT molecular complexity index is 529. The number of carbonyl (C=O) groups excluding carboxylic acids is 2. The lowest BCUT2D eigenvalue weighted by atomic mass is 10.1. The Hall–Kier alpha value is -1.31. The second-order valence-corrected chi connectivity index (χ2v) is 6.69. The van der Waals surface area contributed by atoms with Gasteiger partial charge in [0.2, 0.25) is 11.8 Å². The quantitative estimate of drug-likeness (QED) is 0.607. The van der Waals surface area contributed by atoms with Gasteiger partial charge in [-0.25, -0.2) is 0 Å². The molecule has 0 aliphatic heterocycles. The topological polar surface area (TPSA) is 62.6 Å². The van der Waals surface area contributed by atoms with Gasteiger partial charge in [-0.3, -0.25) is 9.59 Å². The minimum Gasteiger partial charge on any atom is -0.451 e. The van der Waals surface area contributed by atoms with Gasteiger partial charge in [0.05, 0.1) is 6.54 Å². The first kappa shape index (κ1) is 17.7. The van der Waals surface area contributed by atoms with Crippen LogP contribution in [0.5, 0.6) is 0 Å². The third kappa shape index (κ3) is 6.79. The van der Waals surface area contributed by atoms with Crippen molar-refractivity contribution in [2.75, 3.05) is 13.1 Å². The highest BCUT2D eigenvalue weighted by Gasteiger charge is 2.18. The first-order valence-corrected chi connectivity index (χ1v) is 7.82. The average Bonchev–Trinajstić information content (AvgIpc) is 2.76. The molecular weight excluding hydrogens is 383 g/mol. The Labute approximate surface area is 138 Å². The summed E-state index contributed by atoms with van der Waals surface area (Å²) in [5.74, 6) is 0.231. The summed E-state index contributed by atoms with van der Waals surface area (Å²) in [4.78, 5) is 25.4. The van der Waals surface area contributed by atoms with Crippen LogP contribution in [-0.4, -0.2) is 35.3 Å². The number of nitrogens with zero attached hydrogens (tertiary/aromatic N) is 1. The zero-order chi connectivity index (χ0) is 16.0. The number of amides is 2. The fourth-order valence-corrected chi connectivity index (χ4v) is 2.09.